The van der Waals surface area contributed by atoms with Crippen LogP contribution in [-0.2, 0) is 0 Å². The first-order valence-corrected chi connectivity index (χ1v) is 6.97. The third kappa shape index (κ3) is 3.63. The predicted octanol–water partition coefficient (Wildman–Crippen LogP) is 4.96. The van der Waals surface area contributed by atoms with Crippen LogP contribution in [0.15, 0.2) is 78.4 Å². The standard InChI is InChI=1S/C19H17NO/c20-17-7-4-8-19(14-17)21-18-11-9-16(10-12-18)13-15-5-2-1-3-6-15/h1-5,7-14H,6,20H2. The second kappa shape index (κ2) is 6.14. The molecule has 0 fully saturated rings. The van der Waals surface area contributed by atoms with Gasteiger partial charge in [0.2, 0.25) is 0 Å². The fraction of sp³-hybridized carbons (Fsp3) is 0.0526. The molecule has 2 N–H and O–H groups in total. The SMILES string of the molecule is Nc1cccc(Oc2ccc(C=C3C=CC=CC3)cc2)c1. The van der Waals surface area contributed by atoms with E-state index in [1.807, 2.05) is 36.4 Å². The van der Waals surface area contributed by atoms with Crippen molar-refractivity contribution in [3.8, 4) is 11.5 Å². The summed E-state index contributed by atoms with van der Waals surface area (Å²) in [6.45, 7) is 0. The highest BCUT2D eigenvalue weighted by atomic mass is 16.5. The van der Waals surface area contributed by atoms with Gasteiger partial charge in [-0.2, -0.15) is 0 Å². The molecule has 2 aromatic carbocycles. The summed E-state index contributed by atoms with van der Waals surface area (Å²) < 4.78 is 5.78. The summed E-state index contributed by atoms with van der Waals surface area (Å²) >= 11 is 0. The van der Waals surface area contributed by atoms with Crippen LogP contribution in [0.5, 0.6) is 11.5 Å². The fourth-order valence-electron chi connectivity index (χ4n) is 2.20. The van der Waals surface area contributed by atoms with E-state index in [9.17, 15) is 0 Å². The Morgan fingerprint density at radius 3 is 2.52 bits per heavy atom. The molecule has 0 atom stereocenters. The van der Waals surface area contributed by atoms with E-state index in [4.69, 9.17) is 10.5 Å². The first-order valence-electron chi connectivity index (χ1n) is 6.97. The Hall–Kier alpha value is -2.74. The van der Waals surface area contributed by atoms with Crippen molar-refractivity contribution < 1.29 is 4.74 Å². The molecular formula is C19H17NO. The predicted molar refractivity (Wildman–Crippen MR) is 88.2 cm³/mol. The van der Waals surface area contributed by atoms with Crippen LogP contribution in [0.1, 0.15) is 12.0 Å². The zero-order valence-electron chi connectivity index (χ0n) is 11.7. The van der Waals surface area contributed by atoms with Gasteiger partial charge in [-0.3, -0.25) is 0 Å². The Bertz CT molecular complexity index is 709. The average molecular weight is 275 g/mol. The zero-order chi connectivity index (χ0) is 14.5. The van der Waals surface area contributed by atoms with Gasteiger partial charge in [0, 0.05) is 11.8 Å². The van der Waals surface area contributed by atoms with Gasteiger partial charge in [-0.05, 0) is 41.8 Å². The third-order valence-electron chi connectivity index (χ3n) is 3.24. The first kappa shape index (κ1) is 13.3. The van der Waals surface area contributed by atoms with Crippen LogP contribution in [0.4, 0.5) is 5.69 Å². The van der Waals surface area contributed by atoms with Crippen LogP contribution in [0, 0.1) is 0 Å². The number of hydrogen-bond donors (Lipinski definition) is 1. The molecule has 0 saturated carbocycles. The highest BCUT2D eigenvalue weighted by molar-refractivity contribution is 5.58. The van der Waals surface area contributed by atoms with Crippen LogP contribution in [0.25, 0.3) is 6.08 Å². The van der Waals surface area contributed by atoms with Crippen molar-refractivity contribution in [2.45, 2.75) is 6.42 Å². The largest absolute Gasteiger partial charge is 0.457 e. The van der Waals surface area contributed by atoms with E-state index >= 15 is 0 Å². The Labute approximate surface area is 124 Å². The molecule has 21 heavy (non-hydrogen) atoms. The van der Waals surface area contributed by atoms with Crippen molar-refractivity contribution in [3.05, 3.63) is 84.0 Å². The average Bonchev–Trinajstić information content (AvgIpc) is 2.50. The number of nitrogen functional groups attached to an aromatic ring is 1. The van der Waals surface area contributed by atoms with Crippen LogP contribution in [0.3, 0.4) is 0 Å². The number of nitrogens with two attached hydrogens (primary N) is 1. The number of anilines is 1. The van der Waals surface area contributed by atoms with E-state index in [1.54, 1.807) is 0 Å². The molecule has 2 nitrogen and oxygen atoms in total. The normalized spacial score (nSPS) is 15.3. The van der Waals surface area contributed by atoms with Gasteiger partial charge in [0.1, 0.15) is 11.5 Å². The van der Waals surface area contributed by atoms with Gasteiger partial charge in [0.25, 0.3) is 0 Å². The second-order valence-corrected chi connectivity index (χ2v) is 4.95. The molecule has 3 rings (SSSR count). The van der Waals surface area contributed by atoms with Crippen molar-refractivity contribution >= 4 is 11.8 Å². The third-order valence-corrected chi connectivity index (χ3v) is 3.24. The molecule has 0 amide bonds. The molecule has 1 aliphatic rings. The van der Waals surface area contributed by atoms with E-state index in [0.29, 0.717) is 5.69 Å². The molecule has 104 valence electrons. The first-order chi connectivity index (χ1) is 10.3. The monoisotopic (exact) mass is 275 g/mol. The lowest BCUT2D eigenvalue weighted by molar-refractivity contribution is 0.483. The maximum Gasteiger partial charge on any atom is 0.129 e. The summed E-state index contributed by atoms with van der Waals surface area (Å²) in [5, 5.41) is 0. The number of benzene rings is 2. The lowest BCUT2D eigenvalue weighted by Crippen LogP contribution is -1.88. The van der Waals surface area contributed by atoms with Gasteiger partial charge in [0.15, 0.2) is 0 Å². The topological polar surface area (TPSA) is 35.2 Å². The van der Waals surface area contributed by atoms with Crippen LogP contribution in [-0.4, -0.2) is 0 Å². The van der Waals surface area contributed by atoms with E-state index < -0.39 is 0 Å². The van der Waals surface area contributed by atoms with Crippen molar-refractivity contribution in [3.63, 3.8) is 0 Å². The van der Waals surface area contributed by atoms with Crippen LogP contribution in [0.2, 0.25) is 0 Å². The number of ether oxygens (including phenoxy) is 1. The number of hydrogen-bond acceptors (Lipinski definition) is 2. The highest BCUT2D eigenvalue weighted by Gasteiger charge is 1.99. The van der Waals surface area contributed by atoms with E-state index in [0.717, 1.165) is 17.9 Å². The van der Waals surface area contributed by atoms with Gasteiger partial charge in [0.05, 0.1) is 0 Å². The van der Waals surface area contributed by atoms with E-state index in [2.05, 4.69) is 42.5 Å². The summed E-state index contributed by atoms with van der Waals surface area (Å²) in [4.78, 5) is 0. The summed E-state index contributed by atoms with van der Waals surface area (Å²) in [6.07, 6.45) is 11.6. The maximum absolute atomic E-state index is 5.78. The van der Waals surface area contributed by atoms with Crippen LogP contribution >= 0.6 is 0 Å². The minimum absolute atomic E-state index is 0.700. The Morgan fingerprint density at radius 1 is 0.952 bits per heavy atom. The van der Waals surface area contributed by atoms with E-state index in [-0.39, 0.29) is 0 Å². The quantitative estimate of drug-likeness (QED) is 0.803. The van der Waals surface area contributed by atoms with Crippen molar-refractivity contribution in [1.82, 2.24) is 0 Å². The van der Waals surface area contributed by atoms with Gasteiger partial charge >= 0.3 is 0 Å². The molecule has 0 heterocycles. The lowest BCUT2D eigenvalue weighted by Gasteiger charge is -2.07. The molecule has 0 spiro atoms. The van der Waals surface area contributed by atoms with E-state index in [1.165, 1.54) is 11.1 Å². The Balaban J connectivity index is 1.72. The van der Waals surface area contributed by atoms with Gasteiger partial charge in [-0.1, -0.05) is 48.6 Å². The van der Waals surface area contributed by atoms with Crippen molar-refractivity contribution in [1.29, 1.82) is 0 Å². The molecule has 0 bridgehead atoms. The van der Waals surface area contributed by atoms with Gasteiger partial charge in [-0.25, -0.2) is 0 Å². The Morgan fingerprint density at radius 2 is 1.81 bits per heavy atom. The highest BCUT2D eigenvalue weighted by Crippen LogP contribution is 2.24. The van der Waals surface area contributed by atoms with Crippen molar-refractivity contribution in [2.75, 3.05) is 5.73 Å². The molecule has 0 aliphatic heterocycles. The molecule has 0 radical (unpaired) electrons. The fourth-order valence-corrected chi connectivity index (χ4v) is 2.20. The molecule has 0 aromatic heterocycles. The number of allylic oxidation sites excluding steroid dienone is 5. The molecular weight excluding hydrogens is 258 g/mol. The molecule has 2 aromatic rings. The lowest BCUT2D eigenvalue weighted by atomic mass is 10.0. The summed E-state index contributed by atoms with van der Waals surface area (Å²) in [5.74, 6) is 1.56. The molecule has 1 aliphatic carbocycles. The molecule has 0 saturated heterocycles. The zero-order valence-corrected chi connectivity index (χ0v) is 11.7. The van der Waals surface area contributed by atoms with Crippen molar-refractivity contribution in [2.24, 2.45) is 0 Å². The maximum atomic E-state index is 5.78. The van der Waals surface area contributed by atoms with Gasteiger partial charge in [-0.15, -0.1) is 0 Å². The molecule has 2 heteroatoms. The minimum Gasteiger partial charge on any atom is -0.457 e. The minimum atomic E-state index is 0.700. The summed E-state index contributed by atoms with van der Waals surface area (Å²) in [7, 11) is 0. The summed E-state index contributed by atoms with van der Waals surface area (Å²) in [5.41, 5.74) is 8.92. The summed E-state index contributed by atoms with van der Waals surface area (Å²) in [6, 6.07) is 15.5. The second-order valence-electron chi connectivity index (χ2n) is 4.95. The molecule has 0 unspecified atom stereocenters. The van der Waals surface area contributed by atoms with Gasteiger partial charge < -0.3 is 10.5 Å². The Kier molecular flexibility index (Phi) is 3.88. The number of rotatable bonds is 3. The smallest absolute Gasteiger partial charge is 0.129 e. The van der Waals surface area contributed by atoms with Crippen LogP contribution < -0.4 is 10.5 Å².